The number of amides is 1. The normalized spacial score (nSPS) is 12.2. The van der Waals surface area contributed by atoms with Gasteiger partial charge in [0.15, 0.2) is 6.61 Å². The van der Waals surface area contributed by atoms with Gasteiger partial charge in [-0.25, -0.2) is 13.6 Å². The Kier molecular flexibility index (Phi) is 6.48. The van der Waals surface area contributed by atoms with Crippen molar-refractivity contribution in [3.63, 3.8) is 0 Å². The number of primary sulfonamides is 1. The molecular weight excluding hydrogens is 356 g/mol. The smallest absolute Gasteiger partial charge is 0.313 e. The lowest BCUT2D eigenvalue weighted by Crippen LogP contribution is -2.24. The number of rotatable bonds is 7. The molecule has 1 amide bonds. The topological polar surface area (TPSA) is 116 Å². The maximum atomic E-state index is 12.2. The van der Waals surface area contributed by atoms with E-state index in [2.05, 4.69) is 5.32 Å². The van der Waals surface area contributed by atoms with E-state index in [1.807, 2.05) is 37.3 Å². The van der Waals surface area contributed by atoms with Gasteiger partial charge in [0.2, 0.25) is 10.0 Å². The Morgan fingerprint density at radius 1 is 1.08 bits per heavy atom. The van der Waals surface area contributed by atoms with Gasteiger partial charge >= 0.3 is 5.97 Å². The summed E-state index contributed by atoms with van der Waals surface area (Å²) < 4.78 is 27.5. The van der Waals surface area contributed by atoms with E-state index in [-0.39, 0.29) is 4.90 Å². The van der Waals surface area contributed by atoms with Crippen molar-refractivity contribution >= 4 is 27.6 Å². The minimum Gasteiger partial charge on any atom is -0.455 e. The number of carbonyl (C=O) groups is 2. The highest BCUT2D eigenvalue weighted by Gasteiger charge is 2.21. The summed E-state index contributed by atoms with van der Waals surface area (Å²) in [5.41, 5.74) is 1.20. The van der Waals surface area contributed by atoms with E-state index in [1.54, 1.807) is 0 Å². The van der Waals surface area contributed by atoms with Crippen LogP contribution in [0.3, 0.4) is 0 Å². The van der Waals surface area contributed by atoms with Crippen molar-refractivity contribution in [2.75, 3.05) is 11.9 Å². The molecule has 0 aromatic heterocycles. The minimum atomic E-state index is -3.79. The van der Waals surface area contributed by atoms with Gasteiger partial charge in [-0.3, -0.25) is 9.59 Å². The van der Waals surface area contributed by atoms with Crippen LogP contribution in [0.4, 0.5) is 5.69 Å². The Morgan fingerprint density at radius 3 is 2.23 bits per heavy atom. The van der Waals surface area contributed by atoms with E-state index in [9.17, 15) is 18.0 Å². The average molecular weight is 376 g/mol. The molecule has 138 valence electrons. The van der Waals surface area contributed by atoms with Crippen LogP contribution in [-0.2, 0) is 24.3 Å². The highest BCUT2D eigenvalue weighted by Crippen LogP contribution is 2.20. The molecule has 7 nitrogen and oxygen atoms in total. The molecule has 0 unspecified atom stereocenters. The van der Waals surface area contributed by atoms with Crippen molar-refractivity contribution in [2.45, 2.75) is 24.2 Å². The fourth-order valence-corrected chi connectivity index (χ4v) is 2.90. The van der Waals surface area contributed by atoms with Crippen LogP contribution in [-0.4, -0.2) is 26.9 Å². The summed E-state index contributed by atoms with van der Waals surface area (Å²) >= 11 is 0. The quantitative estimate of drug-likeness (QED) is 0.717. The van der Waals surface area contributed by atoms with Crippen LogP contribution >= 0.6 is 0 Å². The Bertz CT molecular complexity index is 864. The maximum Gasteiger partial charge on any atom is 0.313 e. The zero-order valence-electron chi connectivity index (χ0n) is 14.2. The first-order chi connectivity index (χ1) is 12.3. The van der Waals surface area contributed by atoms with Crippen molar-refractivity contribution in [3.8, 4) is 0 Å². The monoisotopic (exact) mass is 376 g/mol. The average Bonchev–Trinajstić information content (AvgIpc) is 2.61. The summed E-state index contributed by atoms with van der Waals surface area (Å²) in [5.74, 6) is -1.43. The van der Waals surface area contributed by atoms with Crippen LogP contribution < -0.4 is 10.5 Å². The first-order valence-electron chi connectivity index (χ1n) is 7.95. The molecule has 8 heteroatoms. The lowest BCUT2D eigenvalue weighted by molar-refractivity contribution is -0.149. The minimum absolute atomic E-state index is 0.0597. The molecule has 2 aromatic carbocycles. The number of esters is 1. The van der Waals surface area contributed by atoms with E-state index >= 15 is 0 Å². The summed E-state index contributed by atoms with van der Waals surface area (Å²) in [5, 5.41) is 7.53. The summed E-state index contributed by atoms with van der Waals surface area (Å²) in [4.78, 5) is 24.1. The number of sulfonamides is 1. The Hall–Kier alpha value is -2.71. The van der Waals surface area contributed by atoms with Crippen LogP contribution in [0.1, 0.15) is 24.8 Å². The molecule has 0 heterocycles. The van der Waals surface area contributed by atoms with Crippen molar-refractivity contribution < 1.29 is 22.7 Å². The third kappa shape index (κ3) is 5.40. The van der Waals surface area contributed by atoms with Crippen LogP contribution in [0.5, 0.6) is 0 Å². The number of nitrogens with one attached hydrogen (secondary N) is 1. The fourth-order valence-electron chi connectivity index (χ4n) is 2.39. The van der Waals surface area contributed by atoms with Crippen LogP contribution in [0.15, 0.2) is 59.5 Å². The molecule has 2 aromatic rings. The van der Waals surface area contributed by atoms with E-state index in [4.69, 9.17) is 9.88 Å². The van der Waals surface area contributed by atoms with E-state index < -0.39 is 34.4 Å². The molecule has 0 saturated carbocycles. The standard InChI is InChI=1S/C18H20N2O5S/c1-2-16(13-6-4-3-5-7-13)18(22)25-12-17(21)20-14-8-10-15(11-9-14)26(19,23)24/h3-11,16H,2,12H2,1H3,(H,20,21)(H2,19,23,24)/t16-/m0/s1. The van der Waals surface area contributed by atoms with E-state index in [1.165, 1.54) is 24.3 Å². The molecule has 1 atom stereocenters. The number of hydrogen-bond donors (Lipinski definition) is 2. The van der Waals surface area contributed by atoms with Crippen LogP contribution in [0.2, 0.25) is 0 Å². The molecular formula is C18H20N2O5S. The molecule has 3 N–H and O–H groups in total. The van der Waals surface area contributed by atoms with Gasteiger partial charge in [0, 0.05) is 5.69 Å². The second-order valence-corrected chi connectivity index (χ2v) is 7.16. The van der Waals surface area contributed by atoms with Crippen molar-refractivity contribution in [1.29, 1.82) is 0 Å². The number of carbonyl (C=O) groups excluding carboxylic acids is 2. The summed E-state index contributed by atoms with van der Waals surface area (Å²) in [6.07, 6.45) is 0.555. The molecule has 0 aliphatic rings. The lowest BCUT2D eigenvalue weighted by atomic mass is 9.97. The predicted molar refractivity (Wildman–Crippen MR) is 96.9 cm³/mol. The number of benzene rings is 2. The highest BCUT2D eigenvalue weighted by molar-refractivity contribution is 7.89. The summed E-state index contributed by atoms with van der Waals surface area (Å²) in [7, 11) is -3.79. The number of anilines is 1. The summed E-state index contributed by atoms with van der Waals surface area (Å²) in [6.45, 7) is 1.44. The van der Waals surface area contributed by atoms with Crippen LogP contribution in [0.25, 0.3) is 0 Å². The number of ether oxygens (including phenoxy) is 1. The van der Waals surface area contributed by atoms with Gasteiger partial charge in [-0.1, -0.05) is 37.3 Å². The van der Waals surface area contributed by atoms with Crippen molar-refractivity contribution in [1.82, 2.24) is 0 Å². The molecule has 0 spiro atoms. The second-order valence-electron chi connectivity index (χ2n) is 5.60. The molecule has 0 fully saturated rings. The second kappa shape index (κ2) is 8.59. The van der Waals surface area contributed by atoms with E-state index in [0.717, 1.165) is 5.56 Å². The van der Waals surface area contributed by atoms with Gasteiger partial charge in [-0.05, 0) is 36.2 Å². The van der Waals surface area contributed by atoms with Gasteiger partial charge in [0.1, 0.15) is 0 Å². The first-order valence-corrected chi connectivity index (χ1v) is 9.50. The van der Waals surface area contributed by atoms with Gasteiger partial charge in [-0.15, -0.1) is 0 Å². The van der Waals surface area contributed by atoms with Crippen molar-refractivity contribution in [2.24, 2.45) is 5.14 Å². The van der Waals surface area contributed by atoms with E-state index in [0.29, 0.717) is 12.1 Å². The van der Waals surface area contributed by atoms with Gasteiger partial charge in [0.05, 0.1) is 10.8 Å². The maximum absolute atomic E-state index is 12.2. The molecule has 0 saturated heterocycles. The zero-order valence-corrected chi connectivity index (χ0v) is 15.0. The molecule has 0 aliphatic heterocycles. The third-order valence-corrected chi connectivity index (χ3v) is 4.64. The third-order valence-electron chi connectivity index (χ3n) is 3.71. The Morgan fingerprint density at radius 2 is 1.69 bits per heavy atom. The van der Waals surface area contributed by atoms with Crippen molar-refractivity contribution in [3.05, 3.63) is 60.2 Å². The van der Waals surface area contributed by atoms with Gasteiger partial charge < -0.3 is 10.1 Å². The predicted octanol–water partition coefficient (Wildman–Crippen LogP) is 2.01. The molecule has 0 radical (unpaired) electrons. The Balaban J connectivity index is 1.91. The van der Waals surface area contributed by atoms with Gasteiger partial charge in [-0.2, -0.15) is 0 Å². The Labute approximate surface area is 152 Å². The first kappa shape index (κ1) is 19.6. The fraction of sp³-hybridized carbons (Fsp3) is 0.222. The SMILES string of the molecule is CC[C@H](C(=O)OCC(=O)Nc1ccc(S(N)(=O)=O)cc1)c1ccccc1. The number of hydrogen-bond acceptors (Lipinski definition) is 5. The molecule has 0 aliphatic carbocycles. The zero-order chi connectivity index (χ0) is 19.2. The van der Waals surface area contributed by atoms with Crippen LogP contribution in [0, 0.1) is 0 Å². The van der Waals surface area contributed by atoms with Gasteiger partial charge in [0.25, 0.3) is 5.91 Å². The largest absolute Gasteiger partial charge is 0.455 e. The lowest BCUT2D eigenvalue weighted by Gasteiger charge is -2.14. The number of nitrogens with two attached hydrogens (primary N) is 1. The summed E-state index contributed by atoms with van der Waals surface area (Å²) in [6, 6.07) is 14.6. The molecule has 0 bridgehead atoms. The highest BCUT2D eigenvalue weighted by atomic mass is 32.2. The molecule has 26 heavy (non-hydrogen) atoms. The molecule has 2 rings (SSSR count).